The van der Waals surface area contributed by atoms with Crippen molar-refractivity contribution < 1.29 is 14.3 Å². The summed E-state index contributed by atoms with van der Waals surface area (Å²) in [6, 6.07) is 9.61. The van der Waals surface area contributed by atoms with Gasteiger partial charge in [0, 0.05) is 12.3 Å². The third-order valence-corrected chi connectivity index (χ3v) is 4.24. The van der Waals surface area contributed by atoms with Crippen molar-refractivity contribution in [3.05, 3.63) is 53.2 Å². The van der Waals surface area contributed by atoms with Gasteiger partial charge in [0.1, 0.15) is 5.75 Å². The predicted octanol–water partition coefficient (Wildman–Crippen LogP) is 4.02. The van der Waals surface area contributed by atoms with Gasteiger partial charge in [0.2, 0.25) is 5.88 Å². The highest BCUT2D eigenvalue weighted by Crippen LogP contribution is 2.48. The molecular weight excluding hydrogens is 278 g/mol. The van der Waals surface area contributed by atoms with E-state index in [4.69, 9.17) is 4.74 Å². The summed E-state index contributed by atoms with van der Waals surface area (Å²) in [6.45, 7) is 4.32. The van der Waals surface area contributed by atoms with Crippen molar-refractivity contribution >= 4 is 5.97 Å². The van der Waals surface area contributed by atoms with E-state index >= 15 is 0 Å². The summed E-state index contributed by atoms with van der Waals surface area (Å²) in [7, 11) is 1.35. The summed E-state index contributed by atoms with van der Waals surface area (Å²) >= 11 is 0. The Balaban J connectivity index is 1.77. The number of carbonyl (C=O) groups excluding carboxylic acids is 1. The van der Waals surface area contributed by atoms with Crippen LogP contribution in [0.4, 0.5) is 0 Å². The standard InChI is InChI=1S/C18H19NO3/c1-12-10-14(18(2)8-9-18)5-6-15(12)22-16-7-4-13(11-19-16)17(20)21-3/h4-7,10-11H,8-9H2,1-3H3. The minimum Gasteiger partial charge on any atom is -0.465 e. The normalized spacial score (nSPS) is 15.2. The quantitative estimate of drug-likeness (QED) is 0.800. The Morgan fingerprint density at radius 1 is 1.23 bits per heavy atom. The van der Waals surface area contributed by atoms with E-state index in [9.17, 15) is 4.79 Å². The number of aryl methyl sites for hydroxylation is 1. The number of aromatic nitrogens is 1. The van der Waals surface area contributed by atoms with E-state index in [2.05, 4.69) is 28.8 Å². The summed E-state index contributed by atoms with van der Waals surface area (Å²) < 4.78 is 10.4. The predicted molar refractivity (Wildman–Crippen MR) is 83.4 cm³/mol. The number of esters is 1. The van der Waals surface area contributed by atoms with Gasteiger partial charge in [0.05, 0.1) is 12.7 Å². The molecule has 0 aliphatic heterocycles. The van der Waals surface area contributed by atoms with Crippen molar-refractivity contribution in [2.24, 2.45) is 0 Å². The van der Waals surface area contributed by atoms with Gasteiger partial charge in [-0.2, -0.15) is 0 Å². The van der Waals surface area contributed by atoms with Crippen LogP contribution in [0.25, 0.3) is 0 Å². The number of rotatable bonds is 4. The number of ether oxygens (including phenoxy) is 2. The molecule has 4 nitrogen and oxygen atoms in total. The molecule has 114 valence electrons. The Labute approximate surface area is 130 Å². The molecule has 4 heteroatoms. The number of carbonyl (C=O) groups is 1. The Morgan fingerprint density at radius 2 is 2.00 bits per heavy atom. The third kappa shape index (κ3) is 2.82. The number of nitrogens with zero attached hydrogens (tertiary/aromatic N) is 1. The molecular formula is C18H19NO3. The zero-order valence-electron chi connectivity index (χ0n) is 13.1. The van der Waals surface area contributed by atoms with Crippen molar-refractivity contribution in [2.45, 2.75) is 32.1 Å². The first-order chi connectivity index (χ1) is 10.5. The summed E-state index contributed by atoms with van der Waals surface area (Å²) in [5, 5.41) is 0. The molecule has 2 aromatic rings. The molecule has 1 saturated carbocycles. The highest BCUT2D eigenvalue weighted by molar-refractivity contribution is 5.88. The monoisotopic (exact) mass is 297 g/mol. The molecule has 0 saturated heterocycles. The lowest BCUT2D eigenvalue weighted by Crippen LogP contribution is -2.02. The van der Waals surface area contributed by atoms with E-state index in [0.29, 0.717) is 16.9 Å². The van der Waals surface area contributed by atoms with E-state index in [1.54, 1.807) is 12.1 Å². The largest absolute Gasteiger partial charge is 0.465 e. The van der Waals surface area contributed by atoms with Gasteiger partial charge in [-0.15, -0.1) is 0 Å². The van der Waals surface area contributed by atoms with Crippen LogP contribution in [0.3, 0.4) is 0 Å². The van der Waals surface area contributed by atoms with Gasteiger partial charge in [0.15, 0.2) is 0 Å². The van der Waals surface area contributed by atoms with Crippen LogP contribution in [0.5, 0.6) is 11.6 Å². The lowest BCUT2D eigenvalue weighted by atomic mass is 9.96. The first-order valence-electron chi connectivity index (χ1n) is 7.35. The number of hydrogen-bond donors (Lipinski definition) is 0. The lowest BCUT2D eigenvalue weighted by Gasteiger charge is -2.13. The van der Waals surface area contributed by atoms with Crippen LogP contribution in [-0.4, -0.2) is 18.1 Å². The van der Waals surface area contributed by atoms with E-state index in [-0.39, 0.29) is 0 Å². The molecule has 0 spiro atoms. The van der Waals surface area contributed by atoms with Crippen molar-refractivity contribution in [1.82, 2.24) is 4.98 Å². The molecule has 1 heterocycles. The Bertz CT molecular complexity index is 703. The SMILES string of the molecule is COC(=O)c1ccc(Oc2ccc(C3(C)CC3)cc2C)nc1. The van der Waals surface area contributed by atoms with Crippen LogP contribution in [-0.2, 0) is 10.2 Å². The number of hydrogen-bond acceptors (Lipinski definition) is 4. The van der Waals surface area contributed by atoms with Gasteiger partial charge in [0.25, 0.3) is 0 Å². The molecule has 0 bridgehead atoms. The van der Waals surface area contributed by atoms with Gasteiger partial charge >= 0.3 is 5.97 Å². The van der Waals surface area contributed by atoms with Crippen LogP contribution in [0.15, 0.2) is 36.5 Å². The molecule has 3 rings (SSSR count). The minimum atomic E-state index is -0.405. The van der Waals surface area contributed by atoms with E-state index < -0.39 is 5.97 Å². The molecule has 0 radical (unpaired) electrons. The van der Waals surface area contributed by atoms with Crippen molar-refractivity contribution in [2.75, 3.05) is 7.11 Å². The second-order valence-electron chi connectivity index (χ2n) is 6.02. The van der Waals surface area contributed by atoms with Crippen molar-refractivity contribution in [3.8, 4) is 11.6 Å². The first kappa shape index (κ1) is 14.6. The van der Waals surface area contributed by atoms with Gasteiger partial charge in [-0.05, 0) is 48.4 Å². The van der Waals surface area contributed by atoms with Gasteiger partial charge in [-0.1, -0.05) is 19.1 Å². The third-order valence-electron chi connectivity index (χ3n) is 4.24. The fourth-order valence-electron chi connectivity index (χ4n) is 2.41. The lowest BCUT2D eigenvalue weighted by molar-refractivity contribution is 0.0600. The van der Waals surface area contributed by atoms with Crippen LogP contribution >= 0.6 is 0 Å². The van der Waals surface area contributed by atoms with Crippen LogP contribution < -0.4 is 4.74 Å². The number of methoxy groups -OCH3 is 1. The average molecular weight is 297 g/mol. The molecule has 1 fully saturated rings. The van der Waals surface area contributed by atoms with E-state index in [1.807, 2.05) is 13.0 Å². The minimum absolute atomic E-state index is 0.351. The fourth-order valence-corrected chi connectivity index (χ4v) is 2.41. The molecule has 1 aromatic heterocycles. The molecule has 1 aliphatic carbocycles. The van der Waals surface area contributed by atoms with Gasteiger partial charge in [-0.3, -0.25) is 0 Å². The van der Waals surface area contributed by atoms with Gasteiger partial charge < -0.3 is 9.47 Å². The maximum absolute atomic E-state index is 11.4. The number of benzene rings is 1. The average Bonchev–Trinajstić information content (AvgIpc) is 3.28. The second kappa shape index (κ2) is 5.44. The van der Waals surface area contributed by atoms with Crippen LogP contribution in [0.2, 0.25) is 0 Å². The summed E-state index contributed by atoms with van der Waals surface area (Å²) in [6.07, 6.45) is 3.96. The first-order valence-corrected chi connectivity index (χ1v) is 7.35. The molecule has 0 N–H and O–H groups in total. The molecule has 1 aliphatic rings. The van der Waals surface area contributed by atoms with Crippen LogP contribution in [0.1, 0.15) is 41.3 Å². The fraction of sp³-hybridized carbons (Fsp3) is 0.333. The van der Waals surface area contributed by atoms with Crippen molar-refractivity contribution in [3.63, 3.8) is 0 Å². The second-order valence-corrected chi connectivity index (χ2v) is 6.02. The summed E-state index contributed by atoms with van der Waals surface area (Å²) in [5.41, 5.74) is 3.21. The number of pyridine rings is 1. The Morgan fingerprint density at radius 3 is 2.55 bits per heavy atom. The maximum Gasteiger partial charge on any atom is 0.339 e. The van der Waals surface area contributed by atoms with Crippen LogP contribution in [0, 0.1) is 6.92 Å². The molecule has 0 amide bonds. The molecule has 0 unspecified atom stereocenters. The molecule has 22 heavy (non-hydrogen) atoms. The Kier molecular flexibility index (Phi) is 3.61. The van der Waals surface area contributed by atoms with Crippen molar-refractivity contribution in [1.29, 1.82) is 0 Å². The zero-order chi connectivity index (χ0) is 15.7. The smallest absolute Gasteiger partial charge is 0.339 e. The molecule has 0 atom stereocenters. The summed E-state index contributed by atoms with van der Waals surface area (Å²) in [5.74, 6) is 0.838. The summed E-state index contributed by atoms with van der Waals surface area (Å²) in [4.78, 5) is 15.5. The molecule has 1 aromatic carbocycles. The van der Waals surface area contributed by atoms with E-state index in [0.717, 1.165) is 11.3 Å². The maximum atomic E-state index is 11.4. The highest BCUT2D eigenvalue weighted by atomic mass is 16.5. The Hall–Kier alpha value is -2.36. The topological polar surface area (TPSA) is 48.4 Å². The highest BCUT2D eigenvalue weighted by Gasteiger charge is 2.39. The zero-order valence-corrected chi connectivity index (χ0v) is 13.1. The van der Waals surface area contributed by atoms with E-state index in [1.165, 1.54) is 31.7 Å². The van der Waals surface area contributed by atoms with Gasteiger partial charge in [-0.25, -0.2) is 9.78 Å².